The normalized spacial score (nSPS) is 11.3. The highest BCUT2D eigenvalue weighted by Gasteiger charge is 2.21. The largest absolute Gasteiger partial charge is 0.493 e. The molecular formula is C20H24Cl2N2O5S. The van der Waals surface area contributed by atoms with Crippen LogP contribution in [0.4, 0.5) is 5.69 Å². The van der Waals surface area contributed by atoms with Crippen LogP contribution in [-0.4, -0.2) is 40.3 Å². The number of sulfonamides is 1. The summed E-state index contributed by atoms with van der Waals surface area (Å²) in [5.74, 6) is 0.669. The van der Waals surface area contributed by atoms with Crippen LogP contribution >= 0.6 is 23.2 Å². The van der Waals surface area contributed by atoms with Gasteiger partial charge in [0.25, 0.3) is 0 Å². The van der Waals surface area contributed by atoms with Crippen LogP contribution in [-0.2, 0) is 21.4 Å². The lowest BCUT2D eigenvalue weighted by molar-refractivity contribution is -0.119. The van der Waals surface area contributed by atoms with Gasteiger partial charge in [0.2, 0.25) is 15.9 Å². The van der Waals surface area contributed by atoms with Crippen molar-refractivity contribution >= 4 is 44.8 Å². The fourth-order valence-corrected chi connectivity index (χ4v) is 3.74. The number of hydrogen-bond acceptors (Lipinski definition) is 5. The van der Waals surface area contributed by atoms with Crippen LogP contribution in [0.25, 0.3) is 0 Å². The van der Waals surface area contributed by atoms with Crippen molar-refractivity contribution in [2.45, 2.75) is 26.5 Å². The molecule has 0 heterocycles. The highest BCUT2D eigenvalue weighted by atomic mass is 35.5. The first kappa shape index (κ1) is 24.1. The van der Waals surface area contributed by atoms with Gasteiger partial charge in [-0.1, -0.05) is 29.3 Å². The standard InChI is InChI=1S/C20H24Cl2N2O5S/c1-13(2)29-18-8-5-14(9-19(18)28-3)11-23-20(25)12-24(30(4,26)27)15-6-7-16(21)17(22)10-15/h5-10,13H,11-12H2,1-4H3,(H,23,25). The number of amides is 1. The maximum atomic E-state index is 12.4. The minimum atomic E-state index is -3.72. The van der Waals surface area contributed by atoms with Crippen LogP contribution in [0.1, 0.15) is 19.4 Å². The molecule has 0 bridgehead atoms. The Morgan fingerprint density at radius 3 is 2.37 bits per heavy atom. The molecular weight excluding hydrogens is 451 g/mol. The Labute approximate surface area is 186 Å². The van der Waals surface area contributed by atoms with Crippen molar-refractivity contribution in [3.63, 3.8) is 0 Å². The predicted octanol–water partition coefficient (Wildman–Crippen LogP) is 3.87. The van der Waals surface area contributed by atoms with Crippen LogP contribution < -0.4 is 19.1 Å². The van der Waals surface area contributed by atoms with Crippen molar-refractivity contribution in [2.24, 2.45) is 0 Å². The van der Waals surface area contributed by atoms with Gasteiger partial charge in [-0.3, -0.25) is 9.10 Å². The molecule has 0 atom stereocenters. The number of ether oxygens (including phenoxy) is 2. The average Bonchev–Trinajstić information content (AvgIpc) is 2.66. The van der Waals surface area contributed by atoms with E-state index in [1.54, 1.807) is 18.2 Å². The summed E-state index contributed by atoms with van der Waals surface area (Å²) < 4.78 is 36.3. The quantitative estimate of drug-likeness (QED) is 0.595. The van der Waals surface area contributed by atoms with Crippen molar-refractivity contribution in [1.29, 1.82) is 0 Å². The molecule has 0 radical (unpaired) electrons. The van der Waals surface area contributed by atoms with E-state index < -0.39 is 22.5 Å². The van der Waals surface area contributed by atoms with E-state index in [1.807, 2.05) is 13.8 Å². The van der Waals surface area contributed by atoms with Gasteiger partial charge in [-0.15, -0.1) is 0 Å². The van der Waals surface area contributed by atoms with Gasteiger partial charge >= 0.3 is 0 Å². The molecule has 0 aliphatic carbocycles. The molecule has 2 rings (SSSR count). The maximum Gasteiger partial charge on any atom is 0.241 e. The Morgan fingerprint density at radius 1 is 1.10 bits per heavy atom. The molecule has 0 saturated heterocycles. The van der Waals surface area contributed by atoms with E-state index in [4.69, 9.17) is 32.7 Å². The van der Waals surface area contributed by atoms with E-state index in [9.17, 15) is 13.2 Å². The number of hydrogen-bond donors (Lipinski definition) is 1. The van der Waals surface area contributed by atoms with Gasteiger partial charge in [0, 0.05) is 6.54 Å². The van der Waals surface area contributed by atoms with E-state index in [0.29, 0.717) is 11.5 Å². The second kappa shape index (κ2) is 10.2. The summed E-state index contributed by atoms with van der Waals surface area (Å²) in [5, 5.41) is 3.19. The van der Waals surface area contributed by atoms with E-state index in [-0.39, 0.29) is 28.4 Å². The Kier molecular flexibility index (Phi) is 8.23. The first-order valence-corrected chi connectivity index (χ1v) is 11.6. The molecule has 0 fully saturated rings. The lowest BCUT2D eigenvalue weighted by Crippen LogP contribution is -2.40. The molecule has 10 heteroatoms. The monoisotopic (exact) mass is 474 g/mol. The molecule has 1 N–H and O–H groups in total. The molecule has 164 valence electrons. The minimum Gasteiger partial charge on any atom is -0.493 e. The number of halogens is 2. The van der Waals surface area contributed by atoms with Crippen molar-refractivity contribution in [3.8, 4) is 11.5 Å². The van der Waals surface area contributed by atoms with E-state index in [2.05, 4.69) is 5.32 Å². The molecule has 0 aliphatic heterocycles. The lowest BCUT2D eigenvalue weighted by Gasteiger charge is -2.22. The van der Waals surface area contributed by atoms with Crippen molar-refractivity contribution < 1.29 is 22.7 Å². The summed E-state index contributed by atoms with van der Waals surface area (Å²) in [6.07, 6.45) is 1.01. The topological polar surface area (TPSA) is 84.9 Å². The van der Waals surface area contributed by atoms with Crippen LogP contribution in [0.3, 0.4) is 0 Å². The number of carbonyl (C=O) groups excluding carboxylic acids is 1. The Bertz CT molecular complexity index is 1010. The van der Waals surface area contributed by atoms with Crippen LogP contribution in [0.15, 0.2) is 36.4 Å². The summed E-state index contributed by atoms with van der Waals surface area (Å²) in [6, 6.07) is 9.68. The van der Waals surface area contributed by atoms with Crippen molar-refractivity contribution in [3.05, 3.63) is 52.0 Å². The SMILES string of the molecule is COc1cc(CNC(=O)CN(c2ccc(Cl)c(Cl)c2)S(C)(=O)=O)ccc1OC(C)C. The number of nitrogens with zero attached hydrogens (tertiary/aromatic N) is 1. The van der Waals surface area contributed by atoms with Crippen molar-refractivity contribution in [2.75, 3.05) is 24.2 Å². The minimum absolute atomic E-state index is 0.00667. The predicted molar refractivity (Wildman–Crippen MR) is 119 cm³/mol. The van der Waals surface area contributed by atoms with Gasteiger partial charge in [0.05, 0.1) is 35.2 Å². The van der Waals surface area contributed by atoms with Gasteiger partial charge in [-0.2, -0.15) is 0 Å². The summed E-state index contributed by atoms with van der Waals surface area (Å²) >= 11 is 11.9. The molecule has 7 nitrogen and oxygen atoms in total. The number of benzene rings is 2. The fraction of sp³-hybridized carbons (Fsp3) is 0.350. The summed E-state index contributed by atoms with van der Waals surface area (Å²) in [4.78, 5) is 12.4. The van der Waals surface area contributed by atoms with E-state index >= 15 is 0 Å². The third-order valence-electron chi connectivity index (χ3n) is 3.96. The number of carbonyl (C=O) groups is 1. The first-order valence-electron chi connectivity index (χ1n) is 9.04. The van der Waals surface area contributed by atoms with Gasteiger partial charge < -0.3 is 14.8 Å². The smallest absolute Gasteiger partial charge is 0.241 e. The number of rotatable bonds is 9. The van der Waals surface area contributed by atoms with E-state index in [1.165, 1.54) is 25.3 Å². The number of methoxy groups -OCH3 is 1. The Morgan fingerprint density at radius 2 is 1.80 bits per heavy atom. The van der Waals surface area contributed by atoms with E-state index in [0.717, 1.165) is 16.1 Å². The van der Waals surface area contributed by atoms with Gasteiger partial charge in [-0.05, 0) is 49.7 Å². The highest BCUT2D eigenvalue weighted by Crippen LogP contribution is 2.29. The highest BCUT2D eigenvalue weighted by molar-refractivity contribution is 7.92. The summed E-state index contributed by atoms with van der Waals surface area (Å²) in [7, 11) is -2.19. The molecule has 0 unspecified atom stereocenters. The summed E-state index contributed by atoms with van der Waals surface area (Å²) in [6.45, 7) is 3.61. The second-order valence-electron chi connectivity index (χ2n) is 6.80. The Hall–Kier alpha value is -2.16. The van der Waals surface area contributed by atoms with Crippen LogP contribution in [0.5, 0.6) is 11.5 Å². The zero-order valence-corrected chi connectivity index (χ0v) is 19.4. The molecule has 30 heavy (non-hydrogen) atoms. The second-order valence-corrected chi connectivity index (χ2v) is 9.52. The molecule has 0 aliphatic rings. The maximum absolute atomic E-state index is 12.4. The fourth-order valence-electron chi connectivity index (χ4n) is 2.60. The average molecular weight is 475 g/mol. The third kappa shape index (κ3) is 6.68. The molecule has 0 aromatic heterocycles. The van der Waals surface area contributed by atoms with Crippen molar-refractivity contribution in [1.82, 2.24) is 5.32 Å². The van der Waals surface area contributed by atoms with Gasteiger partial charge in [0.15, 0.2) is 11.5 Å². The van der Waals surface area contributed by atoms with Gasteiger partial charge in [0.1, 0.15) is 6.54 Å². The molecule has 2 aromatic carbocycles. The third-order valence-corrected chi connectivity index (χ3v) is 5.84. The van der Waals surface area contributed by atoms with Crippen LogP contribution in [0, 0.1) is 0 Å². The zero-order valence-electron chi connectivity index (χ0n) is 17.1. The van der Waals surface area contributed by atoms with Gasteiger partial charge in [-0.25, -0.2) is 8.42 Å². The summed E-state index contributed by atoms with van der Waals surface area (Å²) in [5.41, 5.74) is 1.02. The first-order chi connectivity index (χ1) is 14.0. The molecule has 0 spiro atoms. The molecule has 1 amide bonds. The molecule has 2 aromatic rings. The lowest BCUT2D eigenvalue weighted by atomic mass is 10.2. The number of nitrogens with one attached hydrogen (secondary N) is 1. The number of anilines is 1. The molecule has 0 saturated carbocycles. The zero-order chi connectivity index (χ0) is 22.5. The van der Waals surface area contributed by atoms with Crippen LogP contribution in [0.2, 0.25) is 10.0 Å². The Balaban J connectivity index is 2.10.